The van der Waals surface area contributed by atoms with Gasteiger partial charge in [-0.05, 0) is 52.4 Å². The summed E-state index contributed by atoms with van der Waals surface area (Å²) >= 11 is 0. The first-order chi connectivity index (χ1) is 33.3. The Hall–Kier alpha value is 5.70. The Morgan fingerprint density at radius 3 is 1.07 bits per heavy atom. The van der Waals surface area contributed by atoms with Gasteiger partial charge in [-0.2, -0.15) is 0 Å². The lowest BCUT2D eigenvalue weighted by Gasteiger charge is -2.70. The summed E-state index contributed by atoms with van der Waals surface area (Å²) < 4.78 is 83.8. The molecule has 31 nitrogen and oxygen atoms in total. The van der Waals surface area contributed by atoms with E-state index in [2.05, 4.69) is 0 Å². The number of hydrogen-bond acceptors (Lipinski definition) is 31. The van der Waals surface area contributed by atoms with Crippen LogP contribution >= 0.6 is 0 Å². The fraction of sp³-hybridized carbons (Fsp3) is 1.00. The van der Waals surface area contributed by atoms with Crippen LogP contribution in [-0.4, -0.2) is 375 Å². The van der Waals surface area contributed by atoms with Gasteiger partial charge in [0.05, 0.1) is 9.76 Å². The first kappa shape index (κ1) is 77.7. The largest absolute Gasteiger partial charge is 0.441 e. The van der Waals surface area contributed by atoms with E-state index >= 15 is 0 Å². The van der Waals surface area contributed by atoms with Crippen molar-refractivity contribution in [3.05, 3.63) is 0 Å². The standard InChI is InChI=1S/C9H84O31Si32/c1-29-63(41,48-16)38-72(69(56-24,57-25)34-46-14,70(58-26,35-47-15)59(2)27)66(37-62(8,9)36-60(3,4)5,40-65(51-19,31-43-11)61(6,7)28)71(67(52-20,53-21)32-44-12,68(54-22,55-23)33-45-13)39-64(49-17,50-18)30-42-10/h10-28,59H,42-58H2,1-9,41H3. The number of hydrogen-bond donors (Lipinski definition) is 19. The minimum atomic E-state index is -6.73. The highest BCUT2D eigenvalue weighted by Gasteiger charge is 2.99. The van der Waals surface area contributed by atoms with Crippen molar-refractivity contribution in [3.8, 4) is 0 Å². The monoisotopic (exact) mass is 1580 g/mol. The van der Waals surface area contributed by atoms with Gasteiger partial charge in [0, 0.05) is 7.11 Å². The summed E-state index contributed by atoms with van der Waals surface area (Å²) in [5.41, 5.74) is 0. The first-order valence-electron chi connectivity index (χ1n) is 22.0. The molecule has 19 N–H and O–H groups in total. The van der Waals surface area contributed by atoms with Crippen molar-refractivity contribution in [2.24, 2.45) is 0 Å². The molecule has 6 atom stereocenters. The molecule has 0 aromatic carbocycles. The zero-order valence-electron chi connectivity index (χ0n) is 42.5. The van der Waals surface area contributed by atoms with E-state index in [1.54, 1.807) is 19.6 Å². The summed E-state index contributed by atoms with van der Waals surface area (Å²) in [4.78, 5) is 230. The Morgan fingerprint density at radius 2 is 0.806 bits per heavy atom. The second-order valence-corrected chi connectivity index (χ2v) is 202. The Bertz CT molecular complexity index is 1520. The third-order valence-electron chi connectivity index (χ3n) is 12.2. The zero-order valence-corrected chi connectivity index (χ0v) is 82.7. The third-order valence-corrected chi connectivity index (χ3v) is 345. The van der Waals surface area contributed by atoms with Crippen LogP contribution in [0.25, 0.3) is 0 Å². The molecule has 6 unspecified atom stereocenters. The minimum Gasteiger partial charge on any atom is -0.441 e. The highest BCUT2D eigenvalue weighted by Crippen LogP contribution is 2.53. The molecular formula is C9H84O31Si32. The molecule has 434 valence electrons. The molecule has 0 saturated heterocycles. The lowest BCUT2D eigenvalue weighted by atomic mass is 11.8. The van der Waals surface area contributed by atoms with Crippen molar-refractivity contribution in [1.82, 2.24) is 0 Å². The Morgan fingerprint density at radius 1 is 0.417 bits per heavy atom. The summed E-state index contributed by atoms with van der Waals surface area (Å²) in [6, 6.07) is 0. The molecule has 0 aromatic heterocycles. The van der Waals surface area contributed by atoms with Gasteiger partial charge in [0.1, 0.15) is 0 Å². The van der Waals surface area contributed by atoms with Crippen molar-refractivity contribution >= 4 is 277 Å². The zero-order chi connectivity index (χ0) is 56.6. The van der Waals surface area contributed by atoms with Gasteiger partial charge < -0.3 is 141 Å². The third kappa shape index (κ3) is 15.6. The van der Waals surface area contributed by atoms with Crippen molar-refractivity contribution in [2.45, 2.75) is 52.4 Å². The maximum absolute atomic E-state index is 13.1. The Labute approximate surface area is 472 Å². The van der Waals surface area contributed by atoms with Gasteiger partial charge in [-0.15, -0.1) is 0 Å². The normalized spacial score (nSPS) is 25.0. The molecule has 0 spiro atoms. The molecule has 0 radical (unpaired) electrons. The van der Waals surface area contributed by atoms with Gasteiger partial charge in [-0.25, -0.2) is 0 Å². The maximum atomic E-state index is 13.1. The molecule has 0 aliphatic heterocycles. The molecule has 0 aliphatic rings. The lowest BCUT2D eigenvalue weighted by Crippen LogP contribution is -3.13. The summed E-state index contributed by atoms with van der Waals surface area (Å²) in [5, 5.41) is 0. The van der Waals surface area contributed by atoms with E-state index in [1.807, 2.05) is 0 Å². The number of rotatable bonds is 42. The summed E-state index contributed by atoms with van der Waals surface area (Å²) in [5.74, 6) is 0. The second kappa shape index (κ2) is 32.8. The van der Waals surface area contributed by atoms with Crippen LogP contribution in [0.15, 0.2) is 0 Å². The van der Waals surface area contributed by atoms with E-state index in [1.165, 1.54) is 32.7 Å². The quantitative estimate of drug-likeness (QED) is 0.0252. The maximum Gasteiger partial charge on any atom is 0.338 e. The van der Waals surface area contributed by atoms with Crippen LogP contribution in [0, 0.1) is 0 Å². The smallest absolute Gasteiger partial charge is 0.338 e. The second-order valence-electron chi connectivity index (χ2n) is 18.5. The first-order valence-corrected chi connectivity index (χ1v) is 104. The average Bonchev–Trinajstić information content (AvgIpc) is 3.32. The van der Waals surface area contributed by atoms with Gasteiger partial charge in [-0.1, -0.05) is 0 Å². The summed E-state index contributed by atoms with van der Waals surface area (Å²) in [7, 11) is -90.2. The van der Waals surface area contributed by atoms with Crippen molar-refractivity contribution < 1.29 is 141 Å². The molecule has 0 saturated carbocycles. The van der Waals surface area contributed by atoms with Gasteiger partial charge in [0.15, 0.2) is 81.8 Å². The van der Waals surface area contributed by atoms with Gasteiger partial charge in [0.2, 0.25) is 72.4 Å². The average molecular weight is 1590 g/mol. The van der Waals surface area contributed by atoms with Crippen LogP contribution < -0.4 is 0 Å². The molecule has 0 rings (SSSR count). The van der Waals surface area contributed by atoms with Crippen molar-refractivity contribution in [3.63, 3.8) is 0 Å². The highest BCUT2D eigenvalue weighted by atomic mass is 30.5. The van der Waals surface area contributed by atoms with Crippen LogP contribution in [0.2, 0.25) is 52.4 Å². The van der Waals surface area contributed by atoms with Gasteiger partial charge >= 0.3 is 31.3 Å². The van der Waals surface area contributed by atoms with E-state index < -0.39 is 267 Å². The van der Waals surface area contributed by atoms with E-state index in [0.717, 1.165) is 7.11 Å². The Balaban J connectivity index is 12.9. The summed E-state index contributed by atoms with van der Waals surface area (Å²) in [6.45, 7) is -22.3. The lowest BCUT2D eigenvalue weighted by molar-refractivity contribution is 0.296. The minimum absolute atomic E-state index is 0.282. The fourth-order valence-electron chi connectivity index (χ4n) is 8.86. The molecule has 0 heterocycles. The molecule has 0 aliphatic carbocycles. The predicted molar refractivity (Wildman–Crippen MR) is 345 cm³/mol. The predicted octanol–water partition coefficient (Wildman–Crippen LogP) is -28.9. The molecule has 0 aromatic rings. The molecular weight excluding hydrogens is 1500 g/mol. The van der Waals surface area contributed by atoms with Crippen LogP contribution in [0.5, 0.6) is 0 Å². The van der Waals surface area contributed by atoms with Crippen LogP contribution in [0.1, 0.15) is 0 Å². The molecule has 72 heavy (non-hydrogen) atoms. The van der Waals surface area contributed by atoms with E-state index in [4.69, 9.17) is 49.7 Å². The molecule has 0 fully saturated rings. The fourth-order valence-corrected chi connectivity index (χ4v) is 601. The molecule has 0 bridgehead atoms. The topological polar surface area (TPSA) is 495 Å². The Kier molecular flexibility index (Phi) is 35.4. The van der Waals surface area contributed by atoms with E-state index in [0.29, 0.717) is 0 Å². The molecule has 63 heteroatoms. The van der Waals surface area contributed by atoms with Crippen LogP contribution in [-0.2, 0) is 49.7 Å². The van der Waals surface area contributed by atoms with Crippen molar-refractivity contribution in [1.29, 1.82) is 0 Å². The van der Waals surface area contributed by atoms with E-state index in [-0.39, 0.29) is 9.76 Å². The van der Waals surface area contributed by atoms with Crippen molar-refractivity contribution in [2.75, 3.05) is 7.11 Å². The van der Waals surface area contributed by atoms with Gasteiger partial charge in [0.25, 0.3) is 81.4 Å². The molecule has 0 amide bonds. The van der Waals surface area contributed by atoms with Crippen LogP contribution in [0.3, 0.4) is 0 Å². The van der Waals surface area contributed by atoms with E-state index in [9.17, 15) is 91.1 Å². The summed E-state index contributed by atoms with van der Waals surface area (Å²) in [6.07, 6.45) is 0. The highest BCUT2D eigenvalue weighted by molar-refractivity contribution is 8.23. The van der Waals surface area contributed by atoms with Gasteiger partial charge in [-0.3, -0.25) is 0 Å². The SMILES string of the molecule is CO[Si]([SiH3])(O[Si]([Si](O[SiH2]O)([SiH2]O)[SiH2]O)([Si](O[SiH2]O)([SiH2]O)[SiH](C)O)[Si](O[Si](C)(C)O[Si](C)(C)C)(O[Si](O[SiH2]O)([SiH2]O)[Si](C)(C)O)[Si](O[Si](O[SiH2]O)([SiH2]O)[SiH2]O)([Si](O[SiH2]O)([SiH2]O)[SiH2]O)[Si](O[SiH2]O)([SiH2]O)[SiH2]O)[SiH2]O. The van der Waals surface area contributed by atoms with Crippen LogP contribution in [0.4, 0.5) is 0 Å².